The molecule has 0 bridgehead atoms. The third-order valence-corrected chi connectivity index (χ3v) is 8.90. The van der Waals surface area contributed by atoms with E-state index in [2.05, 4.69) is 5.32 Å². The summed E-state index contributed by atoms with van der Waals surface area (Å²) in [5.74, 6) is -1.96. The largest absolute Gasteiger partial charge is 0.455 e. The number of rotatable bonds is 5. The maximum Gasteiger partial charge on any atom is 0.408 e. The maximum atomic E-state index is 13.9. The van der Waals surface area contributed by atoms with Crippen LogP contribution in [0.25, 0.3) is 0 Å². The fourth-order valence-electron chi connectivity index (χ4n) is 7.48. The van der Waals surface area contributed by atoms with Crippen LogP contribution in [-0.4, -0.2) is 76.2 Å². The first-order chi connectivity index (χ1) is 20.6. The number of fused-ring (bicyclic) bond motifs is 1. The molecular formula is C33H48F3N3O6. The van der Waals surface area contributed by atoms with E-state index in [0.717, 1.165) is 16.0 Å². The molecule has 5 atom stereocenters. The molecule has 3 unspecified atom stereocenters. The van der Waals surface area contributed by atoms with Crippen LogP contribution in [-0.2, 0) is 23.9 Å². The van der Waals surface area contributed by atoms with Gasteiger partial charge in [0.2, 0.25) is 5.91 Å². The third kappa shape index (κ3) is 7.68. The van der Waals surface area contributed by atoms with E-state index in [1.807, 2.05) is 20.8 Å². The van der Waals surface area contributed by atoms with Crippen LogP contribution in [0.3, 0.4) is 0 Å². The third-order valence-electron chi connectivity index (χ3n) is 8.90. The number of carbonyl (C=O) groups is 4. The van der Waals surface area contributed by atoms with E-state index < -0.39 is 59.9 Å². The fourth-order valence-corrected chi connectivity index (χ4v) is 7.48. The van der Waals surface area contributed by atoms with Crippen molar-refractivity contribution in [3.63, 3.8) is 0 Å². The molecule has 3 amide bonds. The monoisotopic (exact) mass is 639 g/mol. The molecule has 12 heteroatoms. The van der Waals surface area contributed by atoms with Crippen molar-refractivity contribution in [1.29, 1.82) is 0 Å². The van der Waals surface area contributed by atoms with Crippen LogP contribution in [0.15, 0.2) is 22.4 Å². The number of hydrogen-bond acceptors (Lipinski definition) is 6. The number of carbonyl (C=O) groups excluding carboxylic acids is 4. The number of ether oxygens (including phenoxy) is 2. The first kappa shape index (κ1) is 34.8. The van der Waals surface area contributed by atoms with Crippen molar-refractivity contribution >= 4 is 23.9 Å². The number of alkyl halides is 3. The summed E-state index contributed by atoms with van der Waals surface area (Å²) in [5, 5.41) is 2.67. The lowest BCUT2D eigenvalue weighted by Crippen LogP contribution is -2.72. The smallest absolute Gasteiger partial charge is 0.408 e. The Bertz CT molecular complexity index is 1290. The summed E-state index contributed by atoms with van der Waals surface area (Å²) in [4.78, 5) is 55.7. The summed E-state index contributed by atoms with van der Waals surface area (Å²) in [7, 11) is 0. The zero-order chi connectivity index (χ0) is 33.8. The molecule has 1 aliphatic carbocycles. The van der Waals surface area contributed by atoms with Crippen LogP contribution in [0.2, 0.25) is 0 Å². The Morgan fingerprint density at radius 3 is 2.16 bits per heavy atom. The summed E-state index contributed by atoms with van der Waals surface area (Å²) in [6.07, 6.45) is -2.72. The summed E-state index contributed by atoms with van der Waals surface area (Å²) >= 11 is 0. The SMILES string of the molecule is CC1C/C(=C2/CCN(CC(F)(F)F)C2=O)C(C(C)C)C(C2=C(C(=O)OC(C)(C)C)N3C(=O)[C@@H](NC(=O)OC(C)(C)C)[C@H]3CC2)C1. The lowest BCUT2D eigenvalue weighted by molar-refractivity contribution is -0.162. The molecule has 1 saturated carbocycles. The number of nitrogens with one attached hydrogen (secondary N) is 1. The van der Waals surface area contributed by atoms with Gasteiger partial charge in [-0.2, -0.15) is 13.2 Å². The van der Waals surface area contributed by atoms with E-state index >= 15 is 0 Å². The molecule has 4 aliphatic rings. The van der Waals surface area contributed by atoms with Crippen molar-refractivity contribution in [2.24, 2.45) is 23.7 Å². The number of alkyl carbamates (subject to hydrolysis) is 1. The van der Waals surface area contributed by atoms with Crippen molar-refractivity contribution < 1.29 is 41.8 Å². The van der Waals surface area contributed by atoms with Crippen LogP contribution >= 0.6 is 0 Å². The summed E-state index contributed by atoms with van der Waals surface area (Å²) < 4.78 is 50.8. The molecule has 0 aromatic carbocycles. The molecular weight excluding hydrogens is 591 g/mol. The molecule has 3 fully saturated rings. The maximum absolute atomic E-state index is 13.9. The Kier molecular flexibility index (Phi) is 9.50. The molecule has 3 aliphatic heterocycles. The van der Waals surface area contributed by atoms with Crippen molar-refractivity contribution in [3.05, 3.63) is 22.4 Å². The van der Waals surface area contributed by atoms with Crippen LogP contribution < -0.4 is 5.32 Å². The minimum Gasteiger partial charge on any atom is -0.455 e. The van der Waals surface area contributed by atoms with Gasteiger partial charge in [-0.1, -0.05) is 26.3 Å². The zero-order valence-corrected chi connectivity index (χ0v) is 27.9. The standard InChI is InChI=1S/C33H48F3N3O6/c1-17(2)24-21(14-18(3)15-22(24)20-12-13-38(27(20)40)16-33(34,35)36)19-10-11-23-25(37-30(43)45-32(7,8)9)28(41)39(23)26(19)29(42)44-31(4,5)6/h17-18,21,23-25H,10-16H2,1-9H3,(H,37,43)/b22-20+/t18?,21?,23-,24?,25+/m1/s1. The van der Waals surface area contributed by atoms with Gasteiger partial charge < -0.3 is 19.7 Å². The Labute approximate surface area is 263 Å². The van der Waals surface area contributed by atoms with E-state index in [1.165, 1.54) is 4.90 Å². The minimum atomic E-state index is -4.48. The highest BCUT2D eigenvalue weighted by Crippen LogP contribution is 2.51. The van der Waals surface area contributed by atoms with Crippen LogP contribution in [0.5, 0.6) is 0 Å². The molecule has 9 nitrogen and oxygen atoms in total. The highest BCUT2D eigenvalue weighted by molar-refractivity contribution is 6.02. The van der Waals surface area contributed by atoms with E-state index in [0.29, 0.717) is 31.3 Å². The van der Waals surface area contributed by atoms with E-state index in [-0.39, 0.29) is 42.3 Å². The highest BCUT2D eigenvalue weighted by Gasteiger charge is 2.56. The number of halogens is 3. The second-order valence-corrected chi connectivity index (χ2v) is 15.3. The van der Waals surface area contributed by atoms with Gasteiger partial charge in [0.1, 0.15) is 29.5 Å². The van der Waals surface area contributed by atoms with Crippen molar-refractivity contribution in [3.8, 4) is 0 Å². The number of likely N-dealkylation sites (tertiary alicyclic amines) is 1. The normalized spacial score (nSPS) is 29.6. The van der Waals surface area contributed by atoms with Crippen LogP contribution in [0.1, 0.15) is 94.4 Å². The van der Waals surface area contributed by atoms with Gasteiger partial charge in [0, 0.05) is 12.1 Å². The number of amides is 3. The molecule has 0 spiro atoms. The van der Waals surface area contributed by atoms with Gasteiger partial charge in [0.25, 0.3) is 5.91 Å². The topological polar surface area (TPSA) is 105 Å². The number of esters is 1. The molecule has 2 saturated heterocycles. The average Bonchev–Trinajstić information content (AvgIpc) is 3.21. The molecule has 0 aromatic heterocycles. The van der Waals surface area contributed by atoms with Crippen LogP contribution in [0.4, 0.5) is 18.0 Å². The number of β-lactam (4-membered cyclic amide) rings is 1. The highest BCUT2D eigenvalue weighted by atomic mass is 19.4. The summed E-state index contributed by atoms with van der Waals surface area (Å²) in [6, 6.07) is -1.31. The lowest BCUT2D eigenvalue weighted by atomic mass is 9.62. The Morgan fingerprint density at radius 2 is 1.60 bits per heavy atom. The van der Waals surface area contributed by atoms with Gasteiger partial charge in [-0.15, -0.1) is 0 Å². The summed E-state index contributed by atoms with van der Waals surface area (Å²) in [5.41, 5.74) is 0.667. The number of hydrogen-bond donors (Lipinski definition) is 1. The molecule has 3 heterocycles. The van der Waals surface area contributed by atoms with Gasteiger partial charge in [0.15, 0.2) is 0 Å². The van der Waals surface area contributed by atoms with Crippen molar-refractivity contribution in [1.82, 2.24) is 15.1 Å². The average molecular weight is 640 g/mol. The number of nitrogens with zero attached hydrogens (tertiary/aromatic N) is 2. The van der Waals surface area contributed by atoms with Crippen LogP contribution in [0, 0.1) is 23.7 Å². The lowest BCUT2D eigenvalue weighted by Gasteiger charge is -2.52. The van der Waals surface area contributed by atoms with Crippen molar-refractivity contribution in [2.75, 3.05) is 13.1 Å². The molecule has 0 aromatic rings. The zero-order valence-electron chi connectivity index (χ0n) is 27.9. The second-order valence-electron chi connectivity index (χ2n) is 15.3. The molecule has 1 N–H and O–H groups in total. The Hall–Kier alpha value is -3.05. The predicted molar refractivity (Wildman–Crippen MR) is 160 cm³/mol. The van der Waals surface area contributed by atoms with E-state index in [4.69, 9.17) is 9.47 Å². The van der Waals surface area contributed by atoms with Gasteiger partial charge in [-0.25, -0.2) is 9.59 Å². The summed E-state index contributed by atoms with van der Waals surface area (Å²) in [6.45, 7) is 15.3. The first-order valence-corrected chi connectivity index (χ1v) is 15.9. The second kappa shape index (κ2) is 12.3. The van der Waals surface area contributed by atoms with Gasteiger partial charge in [0.05, 0.1) is 6.04 Å². The first-order valence-electron chi connectivity index (χ1n) is 15.9. The van der Waals surface area contributed by atoms with Gasteiger partial charge in [-0.3, -0.25) is 14.5 Å². The fraction of sp³-hybridized carbons (Fsp3) is 0.758. The van der Waals surface area contributed by atoms with E-state index in [1.54, 1.807) is 41.5 Å². The van der Waals surface area contributed by atoms with Gasteiger partial charge >= 0.3 is 18.2 Å². The Morgan fingerprint density at radius 1 is 0.978 bits per heavy atom. The number of allylic oxidation sites excluding steroid dienone is 2. The molecule has 252 valence electrons. The van der Waals surface area contributed by atoms with Gasteiger partial charge in [-0.05, 0) is 103 Å². The molecule has 4 rings (SSSR count). The molecule has 45 heavy (non-hydrogen) atoms. The van der Waals surface area contributed by atoms with E-state index in [9.17, 15) is 32.3 Å². The Balaban J connectivity index is 1.75. The van der Waals surface area contributed by atoms with Crippen molar-refractivity contribution in [2.45, 2.75) is 124 Å². The predicted octanol–water partition coefficient (Wildman–Crippen LogP) is 5.89. The molecule has 0 radical (unpaired) electrons. The minimum absolute atomic E-state index is 0.00764. The quantitative estimate of drug-likeness (QED) is 0.229.